The van der Waals surface area contributed by atoms with Crippen LogP contribution >= 0.6 is 0 Å². The molecule has 2 atom stereocenters. The molecule has 1 amide bonds. The highest BCUT2D eigenvalue weighted by atomic mass is 32.2. The van der Waals surface area contributed by atoms with Gasteiger partial charge < -0.3 is 14.8 Å². The third-order valence-corrected chi connectivity index (χ3v) is 6.59. The van der Waals surface area contributed by atoms with Crippen LogP contribution in [0.1, 0.15) is 70.7 Å². The van der Waals surface area contributed by atoms with E-state index in [4.69, 9.17) is 9.47 Å². The molecule has 0 aromatic heterocycles. The largest absolute Gasteiger partial charge is 0.477 e. The zero-order valence-electron chi connectivity index (χ0n) is 22.0. The average Bonchev–Trinajstić information content (AvgIpc) is 2.73. The highest BCUT2D eigenvalue weighted by Gasteiger charge is 2.33. The van der Waals surface area contributed by atoms with Crippen LogP contribution in [0.25, 0.3) is 0 Å². The Kier molecular flexibility index (Phi) is 9.49. The van der Waals surface area contributed by atoms with Gasteiger partial charge in [0.15, 0.2) is 0 Å². The predicted molar refractivity (Wildman–Crippen MR) is 139 cm³/mol. The second-order valence-corrected chi connectivity index (χ2v) is 11.5. The van der Waals surface area contributed by atoms with Crippen molar-refractivity contribution in [1.82, 2.24) is 5.32 Å². The number of benzene rings is 2. The molecule has 0 spiro atoms. The van der Waals surface area contributed by atoms with Crippen LogP contribution in [-0.2, 0) is 19.5 Å². The van der Waals surface area contributed by atoms with Gasteiger partial charge in [-0.3, -0.25) is 0 Å². The molecule has 0 saturated heterocycles. The van der Waals surface area contributed by atoms with Crippen molar-refractivity contribution in [3.05, 3.63) is 65.2 Å². The Morgan fingerprint density at radius 3 is 2.23 bits per heavy atom. The SMILES string of the molecule is CC[C@H](/C(=N/S(=O)(=O)c1cc(C)ccc1C)OC(C)C)[C@@H](NC(=O)OC(C)(C)C)c1ccccc1. The van der Waals surface area contributed by atoms with E-state index in [0.717, 1.165) is 11.1 Å². The van der Waals surface area contributed by atoms with Gasteiger partial charge in [-0.25, -0.2) is 4.79 Å². The minimum absolute atomic E-state index is 0.0494. The van der Waals surface area contributed by atoms with Crippen molar-refractivity contribution >= 4 is 22.0 Å². The summed E-state index contributed by atoms with van der Waals surface area (Å²) in [4.78, 5) is 12.9. The van der Waals surface area contributed by atoms with Gasteiger partial charge in [-0.15, -0.1) is 4.40 Å². The number of hydrogen-bond acceptors (Lipinski definition) is 5. The number of sulfonamides is 1. The molecule has 0 unspecified atom stereocenters. The maximum atomic E-state index is 13.4. The van der Waals surface area contributed by atoms with E-state index in [9.17, 15) is 13.2 Å². The molecule has 0 aliphatic rings. The quantitative estimate of drug-likeness (QED) is 0.347. The third kappa shape index (κ3) is 8.38. The predicted octanol–water partition coefficient (Wildman–Crippen LogP) is 6.11. The molecule has 0 aliphatic carbocycles. The highest BCUT2D eigenvalue weighted by Crippen LogP contribution is 2.30. The first-order chi connectivity index (χ1) is 16.2. The summed E-state index contributed by atoms with van der Waals surface area (Å²) < 4.78 is 42.5. The van der Waals surface area contributed by atoms with Crippen LogP contribution in [0.2, 0.25) is 0 Å². The number of rotatable bonds is 8. The molecule has 7 nitrogen and oxygen atoms in total. The lowest BCUT2D eigenvalue weighted by atomic mass is 9.90. The van der Waals surface area contributed by atoms with E-state index in [1.807, 2.05) is 64.1 Å². The van der Waals surface area contributed by atoms with Crippen molar-refractivity contribution in [2.45, 2.75) is 84.5 Å². The third-order valence-electron chi connectivity index (χ3n) is 5.18. The molecule has 192 valence electrons. The molecule has 0 bridgehead atoms. The van der Waals surface area contributed by atoms with Gasteiger partial charge in [-0.2, -0.15) is 8.42 Å². The van der Waals surface area contributed by atoms with Gasteiger partial charge in [0.25, 0.3) is 10.0 Å². The van der Waals surface area contributed by atoms with Crippen molar-refractivity contribution < 1.29 is 22.7 Å². The standard InChI is InChI=1S/C27H38N2O5S/c1-9-22(24(21-13-11-10-12-14-21)28-26(30)34-27(6,7)8)25(33-18(2)3)29-35(31,32)23-17-19(4)15-16-20(23)5/h10-18,22,24H,9H2,1-8H3,(H,28,30)/b29-25-/t22-,24-/m0/s1. The highest BCUT2D eigenvalue weighted by molar-refractivity contribution is 7.90. The number of ether oxygens (including phenoxy) is 2. The topological polar surface area (TPSA) is 94.1 Å². The molecular formula is C27H38N2O5S. The molecular weight excluding hydrogens is 464 g/mol. The fourth-order valence-electron chi connectivity index (χ4n) is 3.63. The Balaban J connectivity index is 2.61. The molecule has 35 heavy (non-hydrogen) atoms. The zero-order chi connectivity index (χ0) is 26.4. The van der Waals surface area contributed by atoms with Gasteiger partial charge in [0.05, 0.1) is 23.0 Å². The summed E-state index contributed by atoms with van der Waals surface area (Å²) in [5, 5.41) is 2.92. The Bertz CT molecular complexity index is 1140. The summed E-state index contributed by atoms with van der Waals surface area (Å²) in [6.45, 7) is 14.4. The number of amides is 1. The van der Waals surface area contributed by atoms with Crippen molar-refractivity contribution in [3.8, 4) is 0 Å². The first-order valence-electron chi connectivity index (χ1n) is 11.9. The zero-order valence-corrected chi connectivity index (χ0v) is 22.8. The van der Waals surface area contributed by atoms with Gasteiger partial charge in [-0.1, -0.05) is 49.4 Å². The molecule has 2 aromatic rings. The van der Waals surface area contributed by atoms with E-state index < -0.39 is 33.7 Å². The second kappa shape index (κ2) is 11.7. The van der Waals surface area contributed by atoms with E-state index in [0.29, 0.717) is 12.0 Å². The molecule has 0 aliphatic heterocycles. The summed E-state index contributed by atoms with van der Waals surface area (Å²) >= 11 is 0. The number of carbonyl (C=O) groups is 1. The van der Waals surface area contributed by atoms with Gasteiger partial charge in [0, 0.05) is 0 Å². The van der Waals surface area contributed by atoms with Gasteiger partial charge in [0.1, 0.15) is 5.60 Å². The van der Waals surface area contributed by atoms with Crippen LogP contribution in [0.15, 0.2) is 57.8 Å². The number of nitrogens with one attached hydrogen (secondary N) is 1. The number of hydrogen-bond donors (Lipinski definition) is 1. The molecule has 2 aromatic carbocycles. The number of aryl methyl sites for hydroxylation is 2. The van der Waals surface area contributed by atoms with Crippen LogP contribution in [0, 0.1) is 19.8 Å². The van der Waals surface area contributed by atoms with Crippen LogP contribution in [0.3, 0.4) is 0 Å². The fraction of sp³-hybridized carbons (Fsp3) is 0.481. The lowest BCUT2D eigenvalue weighted by Gasteiger charge is -2.30. The number of carbonyl (C=O) groups excluding carboxylic acids is 1. The van der Waals surface area contributed by atoms with E-state index >= 15 is 0 Å². The van der Waals surface area contributed by atoms with Crippen LogP contribution in [0.5, 0.6) is 0 Å². The Labute approximate surface area is 210 Å². The van der Waals surface area contributed by atoms with Crippen LogP contribution in [0.4, 0.5) is 4.79 Å². The van der Waals surface area contributed by atoms with Crippen LogP contribution < -0.4 is 5.32 Å². The monoisotopic (exact) mass is 502 g/mol. The molecule has 1 N–H and O–H groups in total. The Hall–Kier alpha value is -2.87. The maximum Gasteiger partial charge on any atom is 0.408 e. The van der Waals surface area contributed by atoms with Crippen molar-refractivity contribution in [1.29, 1.82) is 0 Å². The Morgan fingerprint density at radius 1 is 1.06 bits per heavy atom. The number of nitrogens with zero attached hydrogens (tertiary/aromatic N) is 1. The molecule has 8 heteroatoms. The first-order valence-corrected chi connectivity index (χ1v) is 13.3. The van der Waals surface area contributed by atoms with Gasteiger partial charge >= 0.3 is 6.09 Å². The summed E-state index contributed by atoms with van der Waals surface area (Å²) in [6, 6.07) is 13.9. The minimum atomic E-state index is -4.07. The summed E-state index contributed by atoms with van der Waals surface area (Å²) in [5.41, 5.74) is 1.51. The van der Waals surface area contributed by atoms with E-state index in [2.05, 4.69) is 9.71 Å². The smallest absolute Gasteiger partial charge is 0.408 e. The summed E-state index contributed by atoms with van der Waals surface area (Å²) in [5.74, 6) is -0.513. The Morgan fingerprint density at radius 2 is 1.69 bits per heavy atom. The fourth-order valence-corrected chi connectivity index (χ4v) is 4.96. The summed E-state index contributed by atoms with van der Waals surface area (Å²) in [6.07, 6.45) is -0.468. The van der Waals surface area contributed by atoms with E-state index in [1.54, 1.807) is 39.8 Å². The summed E-state index contributed by atoms with van der Waals surface area (Å²) in [7, 11) is -4.07. The van der Waals surface area contributed by atoms with E-state index in [-0.39, 0.29) is 16.9 Å². The average molecular weight is 503 g/mol. The second-order valence-electron chi connectivity index (χ2n) is 9.89. The molecule has 0 heterocycles. The van der Waals surface area contributed by atoms with E-state index in [1.165, 1.54) is 0 Å². The minimum Gasteiger partial charge on any atom is -0.477 e. The first kappa shape index (κ1) is 28.4. The van der Waals surface area contributed by atoms with Crippen molar-refractivity contribution in [2.75, 3.05) is 0 Å². The van der Waals surface area contributed by atoms with Crippen molar-refractivity contribution in [3.63, 3.8) is 0 Å². The lowest BCUT2D eigenvalue weighted by molar-refractivity contribution is 0.0489. The van der Waals surface area contributed by atoms with Crippen LogP contribution in [-0.4, -0.2) is 32.1 Å². The van der Waals surface area contributed by atoms with Gasteiger partial charge in [-0.05, 0) is 77.6 Å². The normalized spacial score (nSPS) is 14.4. The molecule has 0 saturated carbocycles. The lowest BCUT2D eigenvalue weighted by Crippen LogP contribution is -2.41. The molecule has 2 rings (SSSR count). The number of alkyl carbamates (subject to hydrolysis) is 1. The maximum absolute atomic E-state index is 13.4. The molecule has 0 fully saturated rings. The van der Waals surface area contributed by atoms with Gasteiger partial charge in [0.2, 0.25) is 5.90 Å². The van der Waals surface area contributed by atoms with Crippen molar-refractivity contribution in [2.24, 2.45) is 10.3 Å². The molecule has 0 radical (unpaired) electrons.